The highest BCUT2D eigenvalue weighted by Crippen LogP contribution is 2.46. The summed E-state index contributed by atoms with van der Waals surface area (Å²) in [5, 5.41) is 40.9. The molecule has 9 heteroatoms. The number of benzene rings is 2. The van der Waals surface area contributed by atoms with Gasteiger partial charge in [-0.05, 0) is 42.7 Å². The van der Waals surface area contributed by atoms with Gasteiger partial charge in [0.05, 0.1) is 32.5 Å². The van der Waals surface area contributed by atoms with Gasteiger partial charge in [-0.2, -0.15) is 0 Å². The van der Waals surface area contributed by atoms with Crippen LogP contribution in [0.2, 0.25) is 5.02 Å². The lowest BCUT2D eigenvalue weighted by Crippen LogP contribution is -2.55. The Balaban J connectivity index is 2.04. The van der Waals surface area contributed by atoms with Gasteiger partial charge in [-0.15, -0.1) is 0 Å². The van der Waals surface area contributed by atoms with Crippen LogP contribution < -0.4 is 14.2 Å². The number of halogens is 1. The van der Waals surface area contributed by atoms with Crippen molar-refractivity contribution in [2.75, 3.05) is 27.4 Å². The van der Waals surface area contributed by atoms with Crippen molar-refractivity contribution in [1.29, 1.82) is 0 Å². The van der Waals surface area contributed by atoms with Crippen LogP contribution in [0, 0.1) is 0 Å². The number of methoxy groups -OCH3 is 2. The molecule has 1 aliphatic heterocycles. The second kappa shape index (κ2) is 10.7. The highest BCUT2D eigenvalue weighted by atomic mass is 35.5. The van der Waals surface area contributed by atoms with Crippen LogP contribution in [-0.4, -0.2) is 72.3 Å². The number of rotatable bonds is 8. The average Bonchev–Trinajstić information content (AvgIpc) is 2.80. The van der Waals surface area contributed by atoms with Crippen LogP contribution in [0.3, 0.4) is 0 Å². The molecule has 5 atom stereocenters. The second-order valence-electron chi connectivity index (χ2n) is 7.51. The molecule has 0 bridgehead atoms. The lowest BCUT2D eigenvalue weighted by molar-refractivity contribution is -0.232. The molecular weight excluding hydrogens is 440 g/mol. The first kappa shape index (κ1) is 24.6. The Morgan fingerprint density at radius 2 is 1.62 bits per heavy atom. The third-order valence-corrected chi connectivity index (χ3v) is 5.93. The Labute approximate surface area is 191 Å². The van der Waals surface area contributed by atoms with Gasteiger partial charge in [0.15, 0.2) is 11.5 Å². The van der Waals surface area contributed by atoms with Gasteiger partial charge < -0.3 is 39.4 Å². The van der Waals surface area contributed by atoms with Crippen molar-refractivity contribution in [3.8, 4) is 17.2 Å². The fraction of sp³-hybridized carbons (Fsp3) is 0.478. The van der Waals surface area contributed by atoms with E-state index < -0.39 is 37.1 Å². The van der Waals surface area contributed by atoms with Crippen molar-refractivity contribution in [1.82, 2.24) is 0 Å². The lowest BCUT2D eigenvalue weighted by Gasteiger charge is -2.40. The number of hydrogen-bond acceptors (Lipinski definition) is 8. The minimum atomic E-state index is -1.52. The van der Waals surface area contributed by atoms with Gasteiger partial charge in [0, 0.05) is 5.56 Å². The number of ether oxygens (including phenoxy) is 4. The summed E-state index contributed by atoms with van der Waals surface area (Å²) >= 11 is 6.62. The number of hydrogen-bond donors (Lipinski definition) is 4. The zero-order valence-corrected chi connectivity index (χ0v) is 19.0. The molecule has 4 N–H and O–H groups in total. The first-order valence-corrected chi connectivity index (χ1v) is 10.7. The molecule has 1 saturated heterocycles. The van der Waals surface area contributed by atoms with E-state index in [-0.39, 0.29) is 11.5 Å². The second-order valence-corrected chi connectivity index (χ2v) is 7.89. The van der Waals surface area contributed by atoms with Crippen LogP contribution in [0.15, 0.2) is 30.3 Å². The van der Waals surface area contributed by atoms with Crippen molar-refractivity contribution < 1.29 is 39.4 Å². The number of aliphatic hydroxyl groups excluding tert-OH is 4. The summed E-state index contributed by atoms with van der Waals surface area (Å²) in [6.45, 7) is 1.95. The summed E-state index contributed by atoms with van der Waals surface area (Å²) in [5.41, 5.74) is 2.02. The quantitative estimate of drug-likeness (QED) is 0.463. The van der Waals surface area contributed by atoms with Crippen LogP contribution in [0.4, 0.5) is 0 Å². The first-order chi connectivity index (χ1) is 15.4. The highest BCUT2D eigenvalue weighted by Gasteiger charge is 2.45. The van der Waals surface area contributed by atoms with Crippen LogP contribution in [0.25, 0.3) is 0 Å². The Morgan fingerprint density at radius 3 is 2.19 bits per heavy atom. The van der Waals surface area contributed by atoms with Gasteiger partial charge in [-0.1, -0.05) is 23.7 Å². The average molecular weight is 469 g/mol. The van der Waals surface area contributed by atoms with Crippen LogP contribution in [-0.2, 0) is 11.2 Å². The molecule has 0 spiro atoms. The SMILES string of the molecule is CCOc1ccc(Cc2cc(C3OC(CO)[C@@H](O)C(O)[C@H]3O)c(OC)c(OC)c2Cl)cc1. The Morgan fingerprint density at radius 1 is 0.969 bits per heavy atom. The molecule has 32 heavy (non-hydrogen) atoms. The Hall–Kier alpha value is -2.07. The third-order valence-electron chi connectivity index (χ3n) is 5.52. The molecular formula is C23H29ClO8. The predicted molar refractivity (Wildman–Crippen MR) is 118 cm³/mol. The van der Waals surface area contributed by atoms with Gasteiger partial charge in [0.1, 0.15) is 36.3 Å². The topological polar surface area (TPSA) is 118 Å². The molecule has 176 valence electrons. The fourth-order valence-corrected chi connectivity index (χ4v) is 4.16. The summed E-state index contributed by atoms with van der Waals surface area (Å²) in [6.07, 6.45) is -6.16. The molecule has 2 aromatic rings. The largest absolute Gasteiger partial charge is 0.494 e. The lowest BCUT2D eigenvalue weighted by atomic mass is 9.89. The summed E-state index contributed by atoms with van der Waals surface area (Å²) in [6, 6.07) is 9.29. The van der Waals surface area contributed by atoms with Crippen molar-refractivity contribution in [2.45, 2.75) is 43.9 Å². The van der Waals surface area contributed by atoms with E-state index >= 15 is 0 Å². The predicted octanol–water partition coefficient (Wildman–Crippen LogP) is 1.86. The maximum atomic E-state index is 10.6. The van der Waals surface area contributed by atoms with Gasteiger partial charge in [0.2, 0.25) is 0 Å². The summed E-state index contributed by atoms with van der Waals surface area (Å²) in [5.74, 6) is 1.25. The Bertz CT molecular complexity index is 902. The van der Waals surface area contributed by atoms with E-state index in [4.69, 9.17) is 30.5 Å². The molecule has 2 aromatic carbocycles. The maximum absolute atomic E-state index is 10.6. The standard InChI is InChI=1S/C23H29ClO8/c1-4-31-14-7-5-12(6-8-14)9-13-10-15(22(29-2)23(30-3)17(13)24)21-20(28)19(27)18(26)16(11-25)32-21/h5-8,10,16,18-21,25-28H,4,9,11H2,1-3H3/t16?,18-,19?,20-,21?/m1/s1. The molecule has 1 fully saturated rings. The summed E-state index contributed by atoms with van der Waals surface area (Å²) < 4.78 is 22.2. The van der Waals surface area contributed by atoms with Gasteiger partial charge in [-0.25, -0.2) is 0 Å². The molecule has 0 radical (unpaired) electrons. The molecule has 0 aromatic heterocycles. The fourth-order valence-electron chi connectivity index (χ4n) is 3.87. The van der Waals surface area contributed by atoms with Crippen LogP contribution >= 0.6 is 11.6 Å². The van der Waals surface area contributed by atoms with E-state index in [0.717, 1.165) is 11.3 Å². The van der Waals surface area contributed by atoms with E-state index in [2.05, 4.69) is 0 Å². The monoisotopic (exact) mass is 468 g/mol. The Kier molecular flexibility index (Phi) is 8.21. The van der Waals surface area contributed by atoms with Crippen molar-refractivity contribution in [2.24, 2.45) is 0 Å². The molecule has 1 aliphatic rings. The zero-order valence-electron chi connectivity index (χ0n) is 18.2. The molecule has 3 rings (SSSR count). The van der Waals surface area contributed by atoms with E-state index in [1.165, 1.54) is 14.2 Å². The normalized spacial score (nSPS) is 25.4. The smallest absolute Gasteiger partial charge is 0.180 e. The van der Waals surface area contributed by atoms with Crippen LogP contribution in [0.5, 0.6) is 17.2 Å². The minimum Gasteiger partial charge on any atom is -0.494 e. The third kappa shape index (κ3) is 4.80. The highest BCUT2D eigenvalue weighted by molar-refractivity contribution is 6.33. The van der Waals surface area contributed by atoms with Crippen molar-refractivity contribution >= 4 is 11.6 Å². The van der Waals surface area contributed by atoms with E-state index in [9.17, 15) is 20.4 Å². The van der Waals surface area contributed by atoms with Crippen molar-refractivity contribution in [3.05, 3.63) is 52.0 Å². The zero-order chi connectivity index (χ0) is 23.4. The van der Waals surface area contributed by atoms with Gasteiger partial charge >= 0.3 is 0 Å². The minimum absolute atomic E-state index is 0.234. The summed E-state index contributed by atoms with van der Waals surface area (Å²) in [7, 11) is 2.87. The molecule has 0 saturated carbocycles. The van der Waals surface area contributed by atoms with Gasteiger partial charge in [-0.3, -0.25) is 0 Å². The van der Waals surface area contributed by atoms with Gasteiger partial charge in [0.25, 0.3) is 0 Å². The van der Waals surface area contributed by atoms with E-state index in [1.807, 2.05) is 31.2 Å². The van der Waals surface area contributed by atoms with E-state index in [0.29, 0.717) is 29.2 Å². The molecule has 1 heterocycles. The van der Waals surface area contributed by atoms with Crippen LogP contribution in [0.1, 0.15) is 29.7 Å². The van der Waals surface area contributed by atoms with Crippen molar-refractivity contribution in [3.63, 3.8) is 0 Å². The van der Waals surface area contributed by atoms with E-state index in [1.54, 1.807) is 6.07 Å². The molecule has 3 unspecified atom stereocenters. The maximum Gasteiger partial charge on any atom is 0.180 e. The molecule has 0 amide bonds. The first-order valence-electron chi connectivity index (χ1n) is 10.3. The molecule has 8 nitrogen and oxygen atoms in total. The number of aliphatic hydroxyl groups is 4. The summed E-state index contributed by atoms with van der Waals surface area (Å²) in [4.78, 5) is 0. The molecule has 0 aliphatic carbocycles.